The summed E-state index contributed by atoms with van der Waals surface area (Å²) in [5.41, 5.74) is 1.22. The van der Waals surface area contributed by atoms with E-state index in [1.165, 1.54) is 18.7 Å². The predicted octanol–water partition coefficient (Wildman–Crippen LogP) is 2.58. The summed E-state index contributed by atoms with van der Waals surface area (Å²) in [7, 11) is 0. The van der Waals surface area contributed by atoms with Crippen LogP contribution in [0, 0.1) is 0 Å². The van der Waals surface area contributed by atoms with E-state index in [0.29, 0.717) is 40.9 Å². The maximum atomic E-state index is 12.1. The molecule has 22 heavy (non-hydrogen) atoms. The molecule has 0 saturated carbocycles. The molecular formula is C14H15Cl2N5O. The number of nitrogens with one attached hydrogen (secondary N) is 2. The first-order chi connectivity index (χ1) is 10.6. The number of hydrogen-bond acceptors (Lipinski definition) is 5. The molecule has 0 atom stereocenters. The maximum Gasteiger partial charge on any atom is 0.254 e. The van der Waals surface area contributed by atoms with Gasteiger partial charge in [-0.25, -0.2) is 15.0 Å². The van der Waals surface area contributed by atoms with Gasteiger partial charge >= 0.3 is 0 Å². The first-order valence-electron chi connectivity index (χ1n) is 6.73. The van der Waals surface area contributed by atoms with Crippen LogP contribution in [-0.2, 0) is 6.42 Å². The SMILES string of the molecule is CCc1ncncc1C(=O)NCCNc1ncc(Cl)cc1Cl. The van der Waals surface area contributed by atoms with Crippen LogP contribution in [0.4, 0.5) is 5.82 Å². The minimum Gasteiger partial charge on any atom is -0.367 e. The number of nitrogens with zero attached hydrogens (tertiary/aromatic N) is 3. The molecule has 6 nitrogen and oxygen atoms in total. The van der Waals surface area contributed by atoms with E-state index < -0.39 is 0 Å². The van der Waals surface area contributed by atoms with E-state index in [1.54, 1.807) is 6.07 Å². The fourth-order valence-electron chi connectivity index (χ4n) is 1.82. The van der Waals surface area contributed by atoms with Crippen molar-refractivity contribution in [3.63, 3.8) is 0 Å². The molecule has 0 aliphatic heterocycles. The van der Waals surface area contributed by atoms with E-state index >= 15 is 0 Å². The molecule has 0 spiro atoms. The van der Waals surface area contributed by atoms with Gasteiger partial charge in [-0.05, 0) is 12.5 Å². The van der Waals surface area contributed by atoms with Gasteiger partial charge < -0.3 is 10.6 Å². The summed E-state index contributed by atoms with van der Waals surface area (Å²) < 4.78 is 0. The fraction of sp³-hybridized carbons (Fsp3) is 0.286. The lowest BCUT2D eigenvalue weighted by molar-refractivity contribution is 0.0953. The van der Waals surface area contributed by atoms with Gasteiger partial charge in [0, 0.05) is 25.5 Å². The van der Waals surface area contributed by atoms with Crippen molar-refractivity contribution in [2.75, 3.05) is 18.4 Å². The van der Waals surface area contributed by atoms with Gasteiger partial charge in [0.15, 0.2) is 0 Å². The van der Waals surface area contributed by atoms with E-state index in [9.17, 15) is 4.79 Å². The van der Waals surface area contributed by atoms with E-state index in [0.717, 1.165) is 5.69 Å². The molecular weight excluding hydrogens is 325 g/mol. The largest absolute Gasteiger partial charge is 0.367 e. The number of aromatic nitrogens is 3. The molecule has 0 radical (unpaired) electrons. The molecule has 1 amide bonds. The molecule has 2 heterocycles. The topological polar surface area (TPSA) is 79.8 Å². The highest BCUT2D eigenvalue weighted by Gasteiger charge is 2.11. The molecule has 2 aromatic heterocycles. The van der Waals surface area contributed by atoms with Crippen molar-refractivity contribution in [3.8, 4) is 0 Å². The first-order valence-corrected chi connectivity index (χ1v) is 7.49. The van der Waals surface area contributed by atoms with Crippen molar-refractivity contribution in [2.24, 2.45) is 0 Å². The maximum absolute atomic E-state index is 12.1. The molecule has 8 heteroatoms. The number of carbonyl (C=O) groups is 1. The van der Waals surface area contributed by atoms with Crippen LogP contribution in [0.5, 0.6) is 0 Å². The molecule has 2 rings (SSSR count). The molecule has 0 aliphatic carbocycles. The smallest absolute Gasteiger partial charge is 0.254 e. The monoisotopic (exact) mass is 339 g/mol. The number of halogens is 2. The van der Waals surface area contributed by atoms with Crippen LogP contribution >= 0.6 is 23.2 Å². The highest BCUT2D eigenvalue weighted by molar-refractivity contribution is 6.35. The van der Waals surface area contributed by atoms with Gasteiger partial charge in [-0.1, -0.05) is 30.1 Å². The van der Waals surface area contributed by atoms with Gasteiger partial charge in [-0.3, -0.25) is 4.79 Å². The Hall–Kier alpha value is -1.92. The van der Waals surface area contributed by atoms with Crippen LogP contribution in [0.2, 0.25) is 10.0 Å². The third-order valence-corrected chi connectivity index (χ3v) is 3.38. The van der Waals surface area contributed by atoms with Crippen LogP contribution < -0.4 is 10.6 Å². The number of carbonyl (C=O) groups excluding carboxylic acids is 1. The minimum atomic E-state index is -0.200. The number of hydrogen-bond donors (Lipinski definition) is 2. The van der Waals surface area contributed by atoms with E-state index in [2.05, 4.69) is 25.6 Å². The normalized spacial score (nSPS) is 10.3. The summed E-state index contributed by atoms with van der Waals surface area (Å²) in [6, 6.07) is 1.60. The van der Waals surface area contributed by atoms with Crippen molar-refractivity contribution >= 4 is 34.9 Å². The quantitative estimate of drug-likeness (QED) is 0.790. The third kappa shape index (κ3) is 4.29. The number of aryl methyl sites for hydroxylation is 1. The molecule has 2 N–H and O–H groups in total. The summed E-state index contributed by atoms with van der Waals surface area (Å²) in [4.78, 5) is 24.1. The standard InChI is InChI=1S/C14H15Cl2N5O/c1-2-12-10(7-17-8-21-12)14(22)19-4-3-18-13-11(16)5-9(15)6-20-13/h5-8H,2-4H2,1H3,(H,18,20)(H,19,22). The predicted molar refractivity (Wildman–Crippen MR) is 86.5 cm³/mol. The number of anilines is 1. The molecule has 0 unspecified atom stereocenters. The van der Waals surface area contributed by atoms with Crippen LogP contribution in [0.1, 0.15) is 23.0 Å². The average molecular weight is 340 g/mol. The molecule has 116 valence electrons. The Morgan fingerprint density at radius 3 is 2.77 bits per heavy atom. The van der Waals surface area contributed by atoms with E-state index in [4.69, 9.17) is 23.2 Å². The first kappa shape index (κ1) is 16.5. The highest BCUT2D eigenvalue weighted by atomic mass is 35.5. The number of amides is 1. The van der Waals surface area contributed by atoms with Gasteiger partial charge in [-0.2, -0.15) is 0 Å². The van der Waals surface area contributed by atoms with Gasteiger partial charge in [0.05, 0.1) is 21.3 Å². The Labute approximate surface area is 138 Å². The van der Waals surface area contributed by atoms with Gasteiger partial charge in [0.2, 0.25) is 0 Å². The Balaban J connectivity index is 1.84. The van der Waals surface area contributed by atoms with Crippen molar-refractivity contribution in [1.82, 2.24) is 20.3 Å². The second kappa shape index (κ2) is 7.91. The zero-order valence-corrected chi connectivity index (χ0v) is 13.4. The number of pyridine rings is 1. The fourth-order valence-corrected chi connectivity index (χ4v) is 2.27. The molecule has 2 aromatic rings. The van der Waals surface area contributed by atoms with Crippen LogP contribution in [0.15, 0.2) is 24.8 Å². The second-order valence-electron chi connectivity index (χ2n) is 4.40. The number of rotatable bonds is 6. The van der Waals surface area contributed by atoms with Gasteiger partial charge in [-0.15, -0.1) is 0 Å². The summed E-state index contributed by atoms with van der Waals surface area (Å²) in [6.07, 6.45) is 5.13. The average Bonchev–Trinajstić information content (AvgIpc) is 2.53. The van der Waals surface area contributed by atoms with E-state index in [1.807, 2.05) is 6.92 Å². The van der Waals surface area contributed by atoms with Crippen LogP contribution in [-0.4, -0.2) is 33.9 Å². The summed E-state index contributed by atoms with van der Waals surface area (Å²) >= 11 is 11.8. The minimum absolute atomic E-state index is 0.200. The lowest BCUT2D eigenvalue weighted by Crippen LogP contribution is -2.30. The van der Waals surface area contributed by atoms with Gasteiger partial charge in [0.25, 0.3) is 5.91 Å². The molecule has 0 bridgehead atoms. The zero-order valence-electron chi connectivity index (χ0n) is 11.9. The van der Waals surface area contributed by atoms with E-state index in [-0.39, 0.29) is 5.91 Å². The Morgan fingerprint density at radius 2 is 2.05 bits per heavy atom. The summed E-state index contributed by atoms with van der Waals surface area (Å²) in [5.74, 6) is 0.326. The Bertz CT molecular complexity index is 665. The third-order valence-electron chi connectivity index (χ3n) is 2.89. The van der Waals surface area contributed by atoms with Crippen molar-refractivity contribution < 1.29 is 4.79 Å². The highest BCUT2D eigenvalue weighted by Crippen LogP contribution is 2.21. The van der Waals surface area contributed by atoms with Crippen molar-refractivity contribution in [1.29, 1.82) is 0 Å². The lowest BCUT2D eigenvalue weighted by Gasteiger charge is -2.10. The van der Waals surface area contributed by atoms with Crippen molar-refractivity contribution in [2.45, 2.75) is 13.3 Å². The molecule has 0 fully saturated rings. The summed E-state index contributed by atoms with van der Waals surface area (Å²) in [5, 5.41) is 6.73. The molecule has 0 saturated heterocycles. The second-order valence-corrected chi connectivity index (χ2v) is 5.25. The molecule has 0 aliphatic rings. The lowest BCUT2D eigenvalue weighted by atomic mass is 10.2. The van der Waals surface area contributed by atoms with Crippen LogP contribution in [0.25, 0.3) is 0 Å². The van der Waals surface area contributed by atoms with Crippen molar-refractivity contribution in [3.05, 3.63) is 46.1 Å². The Kier molecular flexibility index (Phi) is 5.91. The zero-order chi connectivity index (χ0) is 15.9. The molecule has 0 aromatic carbocycles. The summed E-state index contributed by atoms with van der Waals surface area (Å²) in [6.45, 7) is 2.83. The Morgan fingerprint density at radius 1 is 1.23 bits per heavy atom. The van der Waals surface area contributed by atoms with Gasteiger partial charge in [0.1, 0.15) is 12.1 Å². The van der Waals surface area contributed by atoms with Crippen LogP contribution in [0.3, 0.4) is 0 Å².